The highest BCUT2D eigenvalue weighted by Gasteiger charge is 2.49. The van der Waals surface area contributed by atoms with Gasteiger partial charge >= 0.3 is 6.09 Å². The average Bonchev–Trinajstić information content (AvgIpc) is 3.09. The molecule has 1 aromatic rings. The van der Waals surface area contributed by atoms with Gasteiger partial charge in [-0.3, -0.25) is 4.79 Å². The molecule has 0 aliphatic carbocycles. The van der Waals surface area contributed by atoms with Gasteiger partial charge in [-0.2, -0.15) is 0 Å². The van der Waals surface area contributed by atoms with Crippen molar-refractivity contribution < 1.29 is 18.8 Å². The highest BCUT2D eigenvalue weighted by molar-refractivity contribution is 6.77. The number of imide groups is 1. The summed E-state index contributed by atoms with van der Waals surface area (Å²) in [7, 11) is -2.16. The molecule has 1 aliphatic rings. The Kier molecular flexibility index (Phi) is 9.52. The minimum atomic E-state index is -2.16. The number of ether oxygens (including phenoxy) is 1. The van der Waals surface area contributed by atoms with E-state index in [4.69, 9.17) is 9.16 Å². The normalized spacial score (nSPS) is 19.0. The van der Waals surface area contributed by atoms with Gasteiger partial charge in [0, 0.05) is 0 Å². The topological polar surface area (TPSA) is 55.8 Å². The largest absolute Gasteiger partial charge is 0.447 e. The van der Waals surface area contributed by atoms with Crippen LogP contribution in [0.2, 0.25) is 16.6 Å². The fourth-order valence-corrected chi connectivity index (χ4v) is 11.2. The van der Waals surface area contributed by atoms with E-state index in [0.29, 0.717) is 23.0 Å². The summed E-state index contributed by atoms with van der Waals surface area (Å²) in [6, 6.07) is 9.68. The fraction of sp³-hybridized carbons (Fsp3) is 0.692. The smallest absolute Gasteiger partial charge is 0.416 e. The molecule has 0 aromatic heterocycles. The molecule has 1 aliphatic heterocycles. The second-order valence-electron chi connectivity index (χ2n) is 10.2. The molecule has 0 unspecified atom stereocenters. The number of cyclic esters (lactones) is 1. The summed E-state index contributed by atoms with van der Waals surface area (Å²) >= 11 is 0. The first-order valence-electron chi connectivity index (χ1n) is 12.3. The van der Waals surface area contributed by atoms with Gasteiger partial charge in [-0.05, 0) is 35.0 Å². The fourth-order valence-electron chi connectivity index (χ4n) is 5.51. The molecule has 1 saturated heterocycles. The molecule has 5 nitrogen and oxygen atoms in total. The van der Waals surface area contributed by atoms with Crippen molar-refractivity contribution in [1.82, 2.24) is 4.90 Å². The van der Waals surface area contributed by atoms with Crippen molar-refractivity contribution in [2.45, 2.75) is 103 Å². The summed E-state index contributed by atoms with van der Waals surface area (Å²) in [5.74, 6) is -0.576. The Labute approximate surface area is 196 Å². The first kappa shape index (κ1) is 26.6. The Hall–Kier alpha value is -1.66. The van der Waals surface area contributed by atoms with Crippen LogP contribution in [0, 0.1) is 5.92 Å². The Morgan fingerprint density at radius 1 is 1.06 bits per heavy atom. The molecule has 2 amide bonds. The van der Waals surface area contributed by atoms with Crippen LogP contribution in [0.3, 0.4) is 0 Å². The first-order valence-corrected chi connectivity index (χ1v) is 14.4. The van der Waals surface area contributed by atoms with Crippen molar-refractivity contribution in [3.05, 3.63) is 35.9 Å². The van der Waals surface area contributed by atoms with E-state index in [0.717, 1.165) is 18.4 Å². The maximum atomic E-state index is 13.6. The second-order valence-corrected chi connectivity index (χ2v) is 15.6. The number of hydrogen-bond acceptors (Lipinski definition) is 4. The molecule has 1 heterocycles. The lowest BCUT2D eigenvalue weighted by Gasteiger charge is -2.46. The molecule has 1 aromatic carbocycles. The summed E-state index contributed by atoms with van der Waals surface area (Å²) in [5.41, 5.74) is 2.40. The van der Waals surface area contributed by atoms with E-state index in [1.165, 1.54) is 4.90 Å². The van der Waals surface area contributed by atoms with E-state index >= 15 is 0 Å². The molecule has 0 spiro atoms. The van der Waals surface area contributed by atoms with Crippen LogP contribution in [0.1, 0.15) is 73.8 Å². The summed E-state index contributed by atoms with van der Waals surface area (Å²) in [4.78, 5) is 27.5. The van der Waals surface area contributed by atoms with Crippen LogP contribution >= 0.6 is 0 Å². The number of benzene rings is 1. The van der Waals surface area contributed by atoms with Crippen LogP contribution in [0.25, 0.3) is 0 Å². The lowest BCUT2D eigenvalue weighted by atomic mass is 9.97. The zero-order valence-electron chi connectivity index (χ0n) is 21.3. The minimum Gasteiger partial charge on any atom is -0.447 e. The third-order valence-electron chi connectivity index (χ3n) is 7.10. The molecule has 6 heteroatoms. The minimum absolute atomic E-state index is 0.175. The summed E-state index contributed by atoms with van der Waals surface area (Å²) in [5, 5.41) is 0. The van der Waals surface area contributed by atoms with Gasteiger partial charge in [0.05, 0.1) is 18.1 Å². The molecule has 0 radical (unpaired) electrons. The molecule has 0 N–H and O–H groups in total. The quantitative estimate of drug-likeness (QED) is 0.350. The van der Waals surface area contributed by atoms with Crippen molar-refractivity contribution in [1.29, 1.82) is 0 Å². The van der Waals surface area contributed by atoms with Crippen molar-refractivity contribution in [2.24, 2.45) is 5.92 Å². The van der Waals surface area contributed by atoms with Gasteiger partial charge < -0.3 is 9.16 Å². The van der Waals surface area contributed by atoms with E-state index in [9.17, 15) is 9.59 Å². The standard InChI is InChI=1S/C26H43NO4Si/c1-9-13-24(31-32(18(2)3,19(4)5)20(6)7)21(8)25(28)27-23(17-30-26(27)29)16-22-14-11-10-12-15-22/h10-12,14-15,18-21,23-24H,9,13,16-17H2,1-8H3/t21-,23+,24+/m1/s1. The maximum absolute atomic E-state index is 13.6. The Morgan fingerprint density at radius 2 is 1.62 bits per heavy atom. The molecular formula is C26H43NO4Si. The summed E-state index contributed by atoms with van der Waals surface area (Å²) in [6.45, 7) is 17.8. The van der Waals surface area contributed by atoms with E-state index in [1.807, 2.05) is 37.3 Å². The van der Waals surface area contributed by atoms with Gasteiger partial charge in [0.1, 0.15) is 6.61 Å². The molecule has 2 rings (SSSR count). The summed E-state index contributed by atoms with van der Waals surface area (Å²) < 4.78 is 12.3. The Morgan fingerprint density at radius 3 is 2.12 bits per heavy atom. The molecular weight excluding hydrogens is 418 g/mol. The highest BCUT2D eigenvalue weighted by atomic mass is 28.4. The van der Waals surface area contributed by atoms with E-state index in [-0.39, 0.29) is 24.7 Å². The predicted octanol–water partition coefficient (Wildman–Crippen LogP) is 6.57. The average molecular weight is 462 g/mol. The van der Waals surface area contributed by atoms with Crippen molar-refractivity contribution >= 4 is 20.3 Å². The number of amides is 2. The van der Waals surface area contributed by atoms with Gasteiger partial charge in [0.25, 0.3) is 0 Å². The van der Waals surface area contributed by atoms with Crippen LogP contribution < -0.4 is 0 Å². The van der Waals surface area contributed by atoms with E-state index < -0.39 is 20.3 Å². The van der Waals surface area contributed by atoms with Gasteiger partial charge in [0.2, 0.25) is 14.2 Å². The third kappa shape index (κ3) is 5.63. The molecule has 0 saturated carbocycles. The number of hydrogen-bond donors (Lipinski definition) is 0. The van der Waals surface area contributed by atoms with Crippen LogP contribution in [0.5, 0.6) is 0 Å². The Bertz CT molecular complexity index is 728. The number of carbonyl (C=O) groups excluding carboxylic acids is 2. The molecule has 0 bridgehead atoms. The molecule has 180 valence electrons. The third-order valence-corrected chi connectivity index (χ3v) is 13.2. The van der Waals surface area contributed by atoms with Crippen molar-refractivity contribution in [3.63, 3.8) is 0 Å². The molecule has 3 atom stereocenters. The van der Waals surface area contributed by atoms with Gasteiger partial charge in [-0.15, -0.1) is 0 Å². The lowest BCUT2D eigenvalue weighted by Crippen LogP contribution is -2.53. The number of nitrogens with zero attached hydrogens (tertiary/aromatic N) is 1. The Balaban J connectivity index is 2.28. The van der Waals surface area contributed by atoms with E-state index in [2.05, 4.69) is 48.5 Å². The lowest BCUT2D eigenvalue weighted by molar-refractivity contribution is -0.136. The first-order chi connectivity index (χ1) is 15.1. The SMILES string of the molecule is CCC[C@H](O[Si](C(C)C)(C(C)C)C(C)C)[C@@H](C)C(=O)N1C(=O)OC[C@@H]1Cc1ccccc1. The zero-order valence-corrected chi connectivity index (χ0v) is 22.3. The van der Waals surface area contributed by atoms with Crippen molar-refractivity contribution in [3.8, 4) is 0 Å². The zero-order chi connectivity index (χ0) is 24.1. The summed E-state index contributed by atoms with van der Waals surface area (Å²) in [6.07, 6.45) is 1.61. The van der Waals surface area contributed by atoms with Crippen LogP contribution in [0.4, 0.5) is 4.79 Å². The van der Waals surface area contributed by atoms with Crippen LogP contribution in [-0.4, -0.2) is 44.0 Å². The molecule has 1 fully saturated rings. The van der Waals surface area contributed by atoms with E-state index in [1.54, 1.807) is 0 Å². The van der Waals surface area contributed by atoms with Crippen LogP contribution in [-0.2, 0) is 20.4 Å². The second kappa shape index (κ2) is 11.5. The predicted molar refractivity (Wildman–Crippen MR) is 132 cm³/mol. The monoisotopic (exact) mass is 461 g/mol. The highest BCUT2D eigenvalue weighted by Crippen LogP contribution is 2.44. The number of rotatable bonds is 11. The van der Waals surface area contributed by atoms with Crippen LogP contribution in [0.15, 0.2) is 30.3 Å². The van der Waals surface area contributed by atoms with Gasteiger partial charge in [-0.1, -0.05) is 92.1 Å². The molecule has 32 heavy (non-hydrogen) atoms. The van der Waals surface area contributed by atoms with Gasteiger partial charge in [-0.25, -0.2) is 9.69 Å². The van der Waals surface area contributed by atoms with Gasteiger partial charge in [0.15, 0.2) is 0 Å². The number of carbonyl (C=O) groups is 2. The maximum Gasteiger partial charge on any atom is 0.416 e. The van der Waals surface area contributed by atoms with Crippen molar-refractivity contribution in [2.75, 3.05) is 6.61 Å².